The van der Waals surface area contributed by atoms with Crippen LogP contribution in [0.4, 0.5) is 5.13 Å². The second kappa shape index (κ2) is 4.42. The molecule has 0 saturated carbocycles. The van der Waals surface area contributed by atoms with Crippen LogP contribution in [0.2, 0.25) is 0 Å². The van der Waals surface area contributed by atoms with Gasteiger partial charge in [-0.05, 0) is 13.8 Å². The molecule has 0 spiro atoms. The van der Waals surface area contributed by atoms with Crippen molar-refractivity contribution in [2.75, 3.05) is 5.73 Å². The van der Waals surface area contributed by atoms with Crippen LogP contribution in [0.5, 0.6) is 0 Å². The summed E-state index contributed by atoms with van der Waals surface area (Å²) in [6.45, 7) is 3.80. The van der Waals surface area contributed by atoms with Gasteiger partial charge in [0.2, 0.25) is 0 Å². The highest BCUT2D eigenvalue weighted by atomic mass is 32.1. The van der Waals surface area contributed by atoms with Crippen molar-refractivity contribution in [3.05, 3.63) is 27.7 Å². The standard InChI is InChI=1S/C10H12N4OS2/c1-10(2,8-12-3-4-16-8)14-7(15)6-5-17-9(11)13-6/h3-5H,1-2H3,(H2,11,13)(H,14,15). The summed E-state index contributed by atoms with van der Waals surface area (Å²) in [5.74, 6) is -0.238. The average molecular weight is 268 g/mol. The second-order valence-electron chi connectivity index (χ2n) is 3.99. The van der Waals surface area contributed by atoms with E-state index in [1.54, 1.807) is 11.6 Å². The molecule has 2 rings (SSSR count). The summed E-state index contributed by atoms with van der Waals surface area (Å²) in [5, 5.41) is 7.65. The van der Waals surface area contributed by atoms with Crippen molar-refractivity contribution < 1.29 is 4.79 Å². The summed E-state index contributed by atoms with van der Waals surface area (Å²) in [4.78, 5) is 20.1. The molecular formula is C10H12N4OS2. The van der Waals surface area contributed by atoms with Gasteiger partial charge in [0.05, 0.1) is 5.54 Å². The number of anilines is 1. The first-order valence-corrected chi connectivity index (χ1v) is 6.68. The lowest BCUT2D eigenvalue weighted by atomic mass is 10.1. The monoisotopic (exact) mass is 268 g/mol. The number of nitrogen functional groups attached to an aromatic ring is 1. The number of nitrogens with two attached hydrogens (primary N) is 1. The summed E-state index contributed by atoms with van der Waals surface area (Å²) < 4.78 is 0. The lowest BCUT2D eigenvalue weighted by molar-refractivity contribution is 0.0907. The SMILES string of the molecule is CC(C)(NC(=O)c1csc(N)n1)c1nccs1. The van der Waals surface area contributed by atoms with Crippen molar-refractivity contribution in [2.24, 2.45) is 0 Å². The lowest BCUT2D eigenvalue weighted by Gasteiger charge is -2.23. The number of rotatable bonds is 3. The van der Waals surface area contributed by atoms with Crippen LogP contribution in [0.25, 0.3) is 0 Å². The minimum Gasteiger partial charge on any atom is -0.375 e. The molecule has 0 fully saturated rings. The van der Waals surface area contributed by atoms with Crippen LogP contribution >= 0.6 is 22.7 Å². The van der Waals surface area contributed by atoms with Crippen molar-refractivity contribution >= 4 is 33.7 Å². The van der Waals surface area contributed by atoms with Crippen molar-refractivity contribution in [1.82, 2.24) is 15.3 Å². The molecule has 0 atom stereocenters. The zero-order valence-electron chi connectivity index (χ0n) is 9.43. The third kappa shape index (κ3) is 2.62. The Labute approximate surface area is 107 Å². The van der Waals surface area contributed by atoms with E-state index >= 15 is 0 Å². The Morgan fingerprint density at radius 3 is 2.76 bits per heavy atom. The Kier molecular flexibility index (Phi) is 3.12. The fourth-order valence-electron chi connectivity index (χ4n) is 1.33. The number of nitrogens with one attached hydrogen (secondary N) is 1. The first-order chi connectivity index (χ1) is 7.99. The summed E-state index contributed by atoms with van der Waals surface area (Å²) in [5.41, 5.74) is 5.33. The zero-order valence-corrected chi connectivity index (χ0v) is 11.1. The summed E-state index contributed by atoms with van der Waals surface area (Å²) >= 11 is 2.75. The van der Waals surface area contributed by atoms with Crippen molar-refractivity contribution in [2.45, 2.75) is 19.4 Å². The lowest BCUT2D eigenvalue weighted by Crippen LogP contribution is -2.41. The Morgan fingerprint density at radius 2 is 2.24 bits per heavy atom. The smallest absolute Gasteiger partial charge is 0.271 e. The van der Waals surface area contributed by atoms with Crippen LogP contribution in [0.15, 0.2) is 17.0 Å². The highest BCUT2D eigenvalue weighted by Gasteiger charge is 2.26. The van der Waals surface area contributed by atoms with Gasteiger partial charge in [0.1, 0.15) is 10.7 Å². The van der Waals surface area contributed by atoms with Gasteiger partial charge in [-0.15, -0.1) is 22.7 Å². The first-order valence-electron chi connectivity index (χ1n) is 4.92. The summed E-state index contributed by atoms with van der Waals surface area (Å²) in [7, 11) is 0. The van der Waals surface area contributed by atoms with Gasteiger partial charge in [-0.2, -0.15) is 0 Å². The highest BCUT2D eigenvalue weighted by Crippen LogP contribution is 2.22. The van der Waals surface area contributed by atoms with Crippen LogP contribution in [0.3, 0.4) is 0 Å². The molecule has 2 heterocycles. The van der Waals surface area contributed by atoms with Crippen LogP contribution in [-0.2, 0) is 5.54 Å². The molecule has 1 amide bonds. The first kappa shape index (κ1) is 12.0. The van der Waals surface area contributed by atoms with E-state index in [0.29, 0.717) is 10.8 Å². The molecule has 0 aromatic carbocycles. The van der Waals surface area contributed by atoms with E-state index < -0.39 is 5.54 Å². The van der Waals surface area contributed by atoms with Gasteiger partial charge in [0.25, 0.3) is 5.91 Å². The maximum absolute atomic E-state index is 11.9. The number of carbonyl (C=O) groups is 1. The topological polar surface area (TPSA) is 80.9 Å². The van der Waals surface area contributed by atoms with E-state index in [0.717, 1.165) is 5.01 Å². The number of carbonyl (C=O) groups excluding carboxylic acids is 1. The van der Waals surface area contributed by atoms with Gasteiger partial charge >= 0.3 is 0 Å². The van der Waals surface area contributed by atoms with E-state index in [1.807, 2.05) is 19.2 Å². The third-order valence-electron chi connectivity index (χ3n) is 2.15. The summed E-state index contributed by atoms with van der Waals surface area (Å²) in [6, 6.07) is 0. The normalized spacial score (nSPS) is 11.4. The molecule has 0 aliphatic carbocycles. The van der Waals surface area contributed by atoms with E-state index in [-0.39, 0.29) is 5.91 Å². The van der Waals surface area contributed by atoms with Crippen LogP contribution in [0, 0.1) is 0 Å². The Balaban J connectivity index is 2.13. The molecule has 90 valence electrons. The Morgan fingerprint density at radius 1 is 1.47 bits per heavy atom. The molecule has 7 heteroatoms. The fourth-order valence-corrected chi connectivity index (χ4v) is 2.59. The van der Waals surface area contributed by atoms with Gasteiger partial charge in [-0.1, -0.05) is 0 Å². The predicted octanol–water partition coefficient (Wildman–Crippen LogP) is 1.85. The minimum atomic E-state index is -0.510. The van der Waals surface area contributed by atoms with Crippen molar-refractivity contribution in [1.29, 1.82) is 0 Å². The van der Waals surface area contributed by atoms with E-state index in [9.17, 15) is 4.79 Å². The van der Waals surface area contributed by atoms with Crippen LogP contribution in [-0.4, -0.2) is 15.9 Å². The molecule has 0 saturated heterocycles. The van der Waals surface area contributed by atoms with Gasteiger partial charge < -0.3 is 11.1 Å². The van der Waals surface area contributed by atoms with Crippen LogP contribution < -0.4 is 11.1 Å². The second-order valence-corrected chi connectivity index (χ2v) is 5.77. The molecular weight excluding hydrogens is 256 g/mol. The predicted molar refractivity (Wildman–Crippen MR) is 69.1 cm³/mol. The number of nitrogens with zero attached hydrogens (tertiary/aromatic N) is 2. The van der Waals surface area contributed by atoms with Gasteiger partial charge in [0.15, 0.2) is 5.13 Å². The molecule has 2 aromatic rings. The summed E-state index contributed by atoms with van der Waals surface area (Å²) in [6.07, 6.45) is 1.72. The number of hydrogen-bond acceptors (Lipinski definition) is 6. The molecule has 0 unspecified atom stereocenters. The largest absolute Gasteiger partial charge is 0.375 e. The molecule has 0 bridgehead atoms. The zero-order chi connectivity index (χ0) is 12.5. The minimum absolute atomic E-state index is 0.238. The molecule has 5 nitrogen and oxygen atoms in total. The van der Waals surface area contributed by atoms with Crippen molar-refractivity contribution in [3.63, 3.8) is 0 Å². The molecule has 3 N–H and O–H groups in total. The maximum Gasteiger partial charge on any atom is 0.271 e. The number of amides is 1. The molecule has 17 heavy (non-hydrogen) atoms. The fraction of sp³-hybridized carbons (Fsp3) is 0.300. The van der Waals surface area contributed by atoms with E-state index in [2.05, 4.69) is 15.3 Å². The van der Waals surface area contributed by atoms with Gasteiger partial charge in [0, 0.05) is 17.0 Å². The number of aromatic nitrogens is 2. The van der Waals surface area contributed by atoms with Crippen molar-refractivity contribution in [3.8, 4) is 0 Å². The number of thiazole rings is 2. The average Bonchev–Trinajstić information content (AvgIpc) is 2.86. The van der Waals surface area contributed by atoms with Gasteiger partial charge in [-0.25, -0.2) is 9.97 Å². The van der Waals surface area contributed by atoms with E-state index in [4.69, 9.17) is 5.73 Å². The Hall–Kier alpha value is -1.47. The van der Waals surface area contributed by atoms with Gasteiger partial charge in [-0.3, -0.25) is 4.79 Å². The third-order valence-corrected chi connectivity index (χ3v) is 3.92. The molecule has 0 aliphatic rings. The number of hydrogen-bond donors (Lipinski definition) is 2. The van der Waals surface area contributed by atoms with E-state index in [1.165, 1.54) is 22.7 Å². The Bertz CT molecular complexity index is 518. The quantitative estimate of drug-likeness (QED) is 0.890. The molecule has 0 aliphatic heterocycles. The highest BCUT2D eigenvalue weighted by molar-refractivity contribution is 7.13. The van der Waals surface area contributed by atoms with Crippen LogP contribution in [0.1, 0.15) is 29.3 Å². The maximum atomic E-state index is 11.9. The molecule has 2 aromatic heterocycles. The molecule has 0 radical (unpaired) electrons.